The molecule has 0 spiro atoms. The average molecular weight is 281 g/mol. The van der Waals surface area contributed by atoms with Crippen molar-refractivity contribution in [3.63, 3.8) is 0 Å². The lowest BCUT2D eigenvalue weighted by molar-refractivity contribution is -0.133. The number of nitrogens with zero attached hydrogens (tertiary/aromatic N) is 4. The minimum Gasteiger partial charge on any atom is -0.476 e. The number of hydrogen-bond donors (Lipinski definition) is 2. The van der Waals surface area contributed by atoms with Crippen LogP contribution in [-0.2, 0) is 11.3 Å². The third-order valence-corrected chi connectivity index (χ3v) is 3.42. The van der Waals surface area contributed by atoms with Crippen molar-refractivity contribution in [1.29, 1.82) is 0 Å². The van der Waals surface area contributed by atoms with Gasteiger partial charge in [-0.3, -0.25) is 4.79 Å². The van der Waals surface area contributed by atoms with Gasteiger partial charge in [-0.1, -0.05) is 5.21 Å². The van der Waals surface area contributed by atoms with Gasteiger partial charge in [0.2, 0.25) is 5.91 Å². The van der Waals surface area contributed by atoms with Crippen LogP contribution in [0.3, 0.4) is 0 Å². The van der Waals surface area contributed by atoms with E-state index in [1.165, 1.54) is 10.9 Å². The highest BCUT2D eigenvalue weighted by Crippen LogP contribution is 2.16. The molecule has 110 valence electrons. The Morgan fingerprint density at radius 1 is 1.55 bits per heavy atom. The number of likely N-dealkylation sites (tertiary alicyclic amines) is 1. The molecular weight excluding hydrogens is 262 g/mol. The first-order valence-corrected chi connectivity index (χ1v) is 6.66. The standard InChI is InChI=1S/C12H19N5O3/c1-13-5-9-3-2-4-16(6-9)11(18)8-17-7-10(12(19)20)14-15-17/h7,9,13H,2-6,8H2,1H3,(H,19,20). The number of carboxylic acid groups (broad SMARTS) is 1. The van der Waals surface area contributed by atoms with Crippen LogP contribution in [0.5, 0.6) is 0 Å². The molecule has 0 bridgehead atoms. The molecule has 1 fully saturated rings. The Morgan fingerprint density at radius 2 is 2.35 bits per heavy atom. The van der Waals surface area contributed by atoms with E-state index < -0.39 is 5.97 Å². The molecule has 1 aromatic rings. The minimum absolute atomic E-state index is 0.0343. The van der Waals surface area contributed by atoms with Gasteiger partial charge in [-0.25, -0.2) is 9.48 Å². The third kappa shape index (κ3) is 3.53. The van der Waals surface area contributed by atoms with Crippen molar-refractivity contribution in [2.45, 2.75) is 19.4 Å². The first-order chi connectivity index (χ1) is 9.60. The lowest BCUT2D eigenvalue weighted by Gasteiger charge is -2.32. The van der Waals surface area contributed by atoms with Gasteiger partial charge in [0.25, 0.3) is 0 Å². The Labute approximate surface area is 116 Å². The summed E-state index contributed by atoms with van der Waals surface area (Å²) in [5.74, 6) is -0.716. The molecule has 1 saturated heterocycles. The molecule has 0 saturated carbocycles. The molecule has 1 amide bonds. The maximum absolute atomic E-state index is 12.2. The number of carbonyl (C=O) groups is 2. The molecule has 2 N–H and O–H groups in total. The molecule has 20 heavy (non-hydrogen) atoms. The quantitative estimate of drug-likeness (QED) is 0.750. The molecule has 1 aliphatic rings. The Hall–Kier alpha value is -1.96. The molecule has 0 aromatic carbocycles. The zero-order chi connectivity index (χ0) is 14.5. The number of nitrogens with one attached hydrogen (secondary N) is 1. The van der Waals surface area contributed by atoms with E-state index in [1.54, 1.807) is 0 Å². The number of carboxylic acids is 1. The SMILES string of the molecule is CNCC1CCCN(C(=O)Cn2cc(C(=O)O)nn2)C1. The highest BCUT2D eigenvalue weighted by atomic mass is 16.4. The van der Waals surface area contributed by atoms with E-state index in [9.17, 15) is 9.59 Å². The fraction of sp³-hybridized carbons (Fsp3) is 0.667. The minimum atomic E-state index is -1.14. The number of piperidine rings is 1. The summed E-state index contributed by atoms with van der Waals surface area (Å²) < 4.78 is 1.27. The fourth-order valence-corrected chi connectivity index (χ4v) is 2.46. The number of amides is 1. The van der Waals surface area contributed by atoms with Crippen molar-refractivity contribution >= 4 is 11.9 Å². The second-order valence-corrected chi connectivity index (χ2v) is 5.01. The highest BCUT2D eigenvalue weighted by Gasteiger charge is 2.23. The topological polar surface area (TPSA) is 100 Å². The first-order valence-electron chi connectivity index (χ1n) is 6.66. The van der Waals surface area contributed by atoms with E-state index in [0.29, 0.717) is 5.92 Å². The maximum Gasteiger partial charge on any atom is 0.358 e. The van der Waals surface area contributed by atoms with Gasteiger partial charge in [0.05, 0.1) is 6.20 Å². The van der Waals surface area contributed by atoms with Gasteiger partial charge in [-0.15, -0.1) is 5.10 Å². The van der Waals surface area contributed by atoms with Gasteiger partial charge < -0.3 is 15.3 Å². The van der Waals surface area contributed by atoms with Crippen LogP contribution < -0.4 is 5.32 Å². The van der Waals surface area contributed by atoms with E-state index in [2.05, 4.69) is 15.6 Å². The van der Waals surface area contributed by atoms with Gasteiger partial charge >= 0.3 is 5.97 Å². The molecule has 1 aromatic heterocycles. The summed E-state index contributed by atoms with van der Waals surface area (Å²) in [6, 6.07) is 0. The van der Waals surface area contributed by atoms with E-state index in [1.807, 2.05) is 11.9 Å². The second kappa shape index (κ2) is 6.47. The van der Waals surface area contributed by atoms with E-state index in [4.69, 9.17) is 5.11 Å². The van der Waals surface area contributed by atoms with Crippen LogP contribution in [0.1, 0.15) is 23.3 Å². The van der Waals surface area contributed by atoms with Crippen molar-refractivity contribution in [2.75, 3.05) is 26.7 Å². The second-order valence-electron chi connectivity index (χ2n) is 5.01. The van der Waals surface area contributed by atoms with Crippen LogP contribution in [0.25, 0.3) is 0 Å². The third-order valence-electron chi connectivity index (χ3n) is 3.42. The van der Waals surface area contributed by atoms with Crippen LogP contribution in [0.4, 0.5) is 0 Å². The predicted molar refractivity (Wildman–Crippen MR) is 70.2 cm³/mol. The zero-order valence-corrected chi connectivity index (χ0v) is 11.4. The Bertz CT molecular complexity index is 485. The smallest absolute Gasteiger partial charge is 0.358 e. The van der Waals surface area contributed by atoms with Crippen molar-refractivity contribution in [1.82, 2.24) is 25.2 Å². The lowest BCUT2D eigenvalue weighted by atomic mass is 9.98. The molecule has 1 unspecified atom stereocenters. The fourth-order valence-electron chi connectivity index (χ4n) is 2.46. The summed E-state index contributed by atoms with van der Waals surface area (Å²) in [6.45, 7) is 2.42. The van der Waals surface area contributed by atoms with Crippen LogP contribution in [0.15, 0.2) is 6.20 Å². The number of carbonyl (C=O) groups excluding carboxylic acids is 1. The van der Waals surface area contributed by atoms with Crippen molar-refractivity contribution in [2.24, 2.45) is 5.92 Å². The van der Waals surface area contributed by atoms with Crippen molar-refractivity contribution < 1.29 is 14.7 Å². The monoisotopic (exact) mass is 281 g/mol. The summed E-state index contributed by atoms with van der Waals surface area (Å²) >= 11 is 0. The normalized spacial score (nSPS) is 19.1. The van der Waals surface area contributed by atoms with Gasteiger partial charge in [-0.2, -0.15) is 0 Å². The van der Waals surface area contributed by atoms with Crippen LogP contribution in [0, 0.1) is 5.92 Å². The molecule has 0 aliphatic carbocycles. The lowest BCUT2D eigenvalue weighted by Crippen LogP contribution is -2.43. The number of aromatic carboxylic acids is 1. The number of hydrogen-bond acceptors (Lipinski definition) is 5. The molecule has 2 rings (SSSR count). The summed E-state index contributed by atoms with van der Waals surface area (Å²) in [5, 5.41) is 19.0. The summed E-state index contributed by atoms with van der Waals surface area (Å²) in [7, 11) is 1.91. The summed E-state index contributed by atoms with van der Waals surface area (Å²) in [6.07, 6.45) is 3.39. The van der Waals surface area contributed by atoms with Gasteiger partial charge in [-0.05, 0) is 32.4 Å². The molecule has 0 radical (unpaired) electrons. The first kappa shape index (κ1) is 14.4. The van der Waals surface area contributed by atoms with Crippen molar-refractivity contribution in [3.05, 3.63) is 11.9 Å². The van der Waals surface area contributed by atoms with Crippen molar-refractivity contribution in [3.8, 4) is 0 Å². The zero-order valence-electron chi connectivity index (χ0n) is 11.4. The molecule has 1 atom stereocenters. The van der Waals surface area contributed by atoms with E-state index in [0.717, 1.165) is 32.5 Å². The largest absolute Gasteiger partial charge is 0.476 e. The summed E-state index contributed by atoms with van der Waals surface area (Å²) in [5.41, 5.74) is -0.149. The molecule has 1 aliphatic heterocycles. The summed E-state index contributed by atoms with van der Waals surface area (Å²) in [4.78, 5) is 24.7. The molecular formula is C12H19N5O3. The molecule has 2 heterocycles. The highest BCUT2D eigenvalue weighted by molar-refractivity contribution is 5.84. The average Bonchev–Trinajstić information content (AvgIpc) is 2.88. The van der Waals surface area contributed by atoms with Crippen LogP contribution in [-0.4, -0.2) is 63.6 Å². The van der Waals surface area contributed by atoms with E-state index >= 15 is 0 Å². The predicted octanol–water partition coefficient (Wildman–Crippen LogP) is -0.566. The Kier molecular flexibility index (Phi) is 4.67. The molecule has 8 heteroatoms. The van der Waals surface area contributed by atoms with Crippen LogP contribution in [0.2, 0.25) is 0 Å². The number of aromatic nitrogens is 3. The van der Waals surface area contributed by atoms with Gasteiger partial charge in [0.15, 0.2) is 5.69 Å². The van der Waals surface area contributed by atoms with Crippen LogP contribution >= 0.6 is 0 Å². The molecule has 8 nitrogen and oxygen atoms in total. The van der Waals surface area contributed by atoms with E-state index in [-0.39, 0.29) is 18.1 Å². The Morgan fingerprint density at radius 3 is 3.00 bits per heavy atom. The van der Waals surface area contributed by atoms with Gasteiger partial charge in [0, 0.05) is 13.1 Å². The Balaban J connectivity index is 1.91. The number of rotatable bonds is 5. The maximum atomic E-state index is 12.2. The van der Waals surface area contributed by atoms with Gasteiger partial charge in [0.1, 0.15) is 6.54 Å².